The quantitative estimate of drug-likeness (QED) is 0.848. The summed E-state index contributed by atoms with van der Waals surface area (Å²) in [5.74, 6) is 0. The molecule has 1 saturated heterocycles. The molecule has 84 valence electrons. The fourth-order valence-electron chi connectivity index (χ4n) is 2.23. The van der Waals surface area contributed by atoms with Crippen molar-refractivity contribution in [3.05, 3.63) is 16.6 Å². The van der Waals surface area contributed by atoms with Crippen LogP contribution in [0.15, 0.2) is 11.6 Å². The molecule has 0 amide bonds. The normalized spacial score (nSPS) is 27.7. The van der Waals surface area contributed by atoms with Crippen LogP contribution in [0.4, 0.5) is 0 Å². The Bertz CT molecular complexity index is 310. The van der Waals surface area contributed by atoms with Crippen molar-refractivity contribution < 1.29 is 0 Å². The van der Waals surface area contributed by atoms with E-state index in [4.69, 9.17) is 0 Å². The molecule has 1 aliphatic rings. The third kappa shape index (κ3) is 1.94. The molecule has 1 aliphatic heterocycles. The van der Waals surface area contributed by atoms with Gasteiger partial charge in [0.1, 0.15) is 5.01 Å². The van der Waals surface area contributed by atoms with Crippen LogP contribution in [0.3, 0.4) is 0 Å². The molecule has 3 nitrogen and oxygen atoms in total. The van der Waals surface area contributed by atoms with Gasteiger partial charge >= 0.3 is 0 Å². The van der Waals surface area contributed by atoms with Crippen molar-refractivity contribution in [3.8, 4) is 0 Å². The second-order valence-electron chi connectivity index (χ2n) is 4.48. The molecule has 0 saturated carbocycles. The molecule has 1 aromatic rings. The second-order valence-corrected chi connectivity index (χ2v) is 5.38. The maximum atomic E-state index is 4.46. The zero-order chi connectivity index (χ0) is 10.9. The number of nitrogens with zero attached hydrogens (tertiary/aromatic N) is 2. The molecule has 1 atom stereocenters. The number of aromatic nitrogens is 1. The first kappa shape index (κ1) is 11.0. The van der Waals surface area contributed by atoms with Crippen LogP contribution in [0.2, 0.25) is 0 Å². The van der Waals surface area contributed by atoms with Crippen LogP contribution in [0.25, 0.3) is 0 Å². The van der Waals surface area contributed by atoms with E-state index in [1.165, 1.54) is 5.01 Å². The number of rotatable bonds is 3. The smallest absolute Gasteiger partial charge is 0.114 e. The Morgan fingerprint density at radius 1 is 1.60 bits per heavy atom. The van der Waals surface area contributed by atoms with E-state index in [2.05, 4.69) is 34.4 Å². The number of hydrogen-bond acceptors (Lipinski definition) is 4. The van der Waals surface area contributed by atoms with Gasteiger partial charge in [-0.15, -0.1) is 11.3 Å². The number of likely N-dealkylation sites (N-methyl/N-ethyl adjacent to an activating group) is 1. The Kier molecular flexibility index (Phi) is 3.09. The summed E-state index contributed by atoms with van der Waals surface area (Å²) in [6, 6.07) is 0.625. The Morgan fingerprint density at radius 2 is 2.40 bits per heavy atom. The predicted octanol–water partition coefficient (Wildman–Crippen LogP) is 1.67. The Morgan fingerprint density at radius 3 is 2.87 bits per heavy atom. The summed E-state index contributed by atoms with van der Waals surface area (Å²) in [6.07, 6.45) is 3.06. The second kappa shape index (κ2) is 4.20. The van der Waals surface area contributed by atoms with Gasteiger partial charge in [0.25, 0.3) is 0 Å². The summed E-state index contributed by atoms with van der Waals surface area (Å²) < 4.78 is 0. The van der Waals surface area contributed by atoms with Gasteiger partial charge in [-0.2, -0.15) is 0 Å². The molecule has 0 radical (unpaired) electrons. The molecule has 4 heteroatoms. The highest BCUT2D eigenvalue weighted by Crippen LogP contribution is 2.33. The molecular weight excluding hydrogens is 206 g/mol. The summed E-state index contributed by atoms with van der Waals surface area (Å²) in [6.45, 7) is 6.76. The summed E-state index contributed by atoms with van der Waals surface area (Å²) in [7, 11) is 2.05. The fourth-order valence-corrected chi connectivity index (χ4v) is 3.09. The maximum Gasteiger partial charge on any atom is 0.114 e. The number of nitrogens with one attached hydrogen (secondary N) is 1. The summed E-state index contributed by atoms with van der Waals surface area (Å²) in [5.41, 5.74) is 0.0957. The van der Waals surface area contributed by atoms with Crippen LogP contribution in [-0.2, 0) is 5.54 Å². The lowest BCUT2D eigenvalue weighted by Gasteiger charge is -2.28. The molecule has 0 bridgehead atoms. The van der Waals surface area contributed by atoms with Crippen LogP contribution in [-0.4, -0.2) is 36.1 Å². The fraction of sp³-hybridized carbons (Fsp3) is 0.727. The first-order chi connectivity index (χ1) is 7.18. The van der Waals surface area contributed by atoms with E-state index in [1.807, 2.05) is 13.2 Å². The average molecular weight is 225 g/mol. The van der Waals surface area contributed by atoms with Crippen LogP contribution >= 0.6 is 11.3 Å². The zero-order valence-corrected chi connectivity index (χ0v) is 10.5. The minimum absolute atomic E-state index is 0.0957. The molecular formula is C11H19N3S. The lowest BCUT2D eigenvalue weighted by Crippen LogP contribution is -2.43. The van der Waals surface area contributed by atoms with Crippen molar-refractivity contribution in [3.63, 3.8) is 0 Å². The molecule has 1 fully saturated rings. The van der Waals surface area contributed by atoms with Crippen molar-refractivity contribution in [1.29, 1.82) is 0 Å². The van der Waals surface area contributed by atoms with Gasteiger partial charge in [-0.05, 0) is 27.3 Å². The topological polar surface area (TPSA) is 28.2 Å². The summed E-state index contributed by atoms with van der Waals surface area (Å²) >= 11 is 1.76. The van der Waals surface area contributed by atoms with Crippen molar-refractivity contribution in [2.45, 2.75) is 31.8 Å². The van der Waals surface area contributed by atoms with Crippen LogP contribution in [0.1, 0.15) is 25.3 Å². The molecule has 15 heavy (non-hydrogen) atoms. The standard InChI is InChI=1S/C11H19N3S/c1-9(2)14-6-4-11(8-14,12-3)10-13-5-7-15-10/h5,7,9,12H,4,6,8H2,1-3H3. The van der Waals surface area contributed by atoms with Gasteiger partial charge in [0.15, 0.2) is 0 Å². The minimum atomic E-state index is 0.0957. The number of hydrogen-bond donors (Lipinski definition) is 1. The molecule has 0 aromatic carbocycles. The zero-order valence-electron chi connectivity index (χ0n) is 9.66. The molecule has 2 rings (SSSR count). The summed E-state index contributed by atoms with van der Waals surface area (Å²) in [5, 5.41) is 6.76. The van der Waals surface area contributed by atoms with Crippen molar-refractivity contribution in [1.82, 2.24) is 15.2 Å². The third-order valence-corrected chi connectivity index (χ3v) is 4.33. The van der Waals surface area contributed by atoms with Gasteiger partial charge in [0.05, 0.1) is 5.54 Å². The van der Waals surface area contributed by atoms with Gasteiger partial charge < -0.3 is 5.32 Å². The van der Waals surface area contributed by atoms with E-state index >= 15 is 0 Å². The van der Waals surface area contributed by atoms with Gasteiger partial charge in [-0.1, -0.05) is 0 Å². The summed E-state index contributed by atoms with van der Waals surface area (Å²) in [4.78, 5) is 6.98. The van der Waals surface area contributed by atoms with Crippen LogP contribution in [0, 0.1) is 0 Å². The first-order valence-corrected chi connectivity index (χ1v) is 6.39. The molecule has 2 heterocycles. The molecule has 1 N–H and O–H groups in total. The van der Waals surface area contributed by atoms with Crippen LogP contribution < -0.4 is 5.32 Å². The van der Waals surface area contributed by atoms with E-state index in [0.717, 1.165) is 19.5 Å². The molecule has 0 spiro atoms. The number of likely N-dealkylation sites (tertiary alicyclic amines) is 1. The van der Waals surface area contributed by atoms with Gasteiger partial charge in [-0.3, -0.25) is 4.90 Å². The molecule has 1 unspecified atom stereocenters. The van der Waals surface area contributed by atoms with E-state index in [-0.39, 0.29) is 5.54 Å². The van der Waals surface area contributed by atoms with E-state index in [0.29, 0.717) is 6.04 Å². The van der Waals surface area contributed by atoms with Gasteiger partial charge in [0.2, 0.25) is 0 Å². The van der Waals surface area contributed by atoms with Crippen molar-refractivity contribution in [2.24, 2.45) is 0 Å². The molecule has 1 aromatic heterocycles. The third-order valence-electron chi connectivity index (χ3n) is 3.35. The molecule has 0 aliphatic carbocycles. The van der Waals surface area contributed by atoms with E-state index < -0.39 is 0 Å². The Balaban J connectivity index is 2.19. The monoisotopic (exact) mass is 225 g/mol. The van der Waals surface area contributed by atoms with Crippen molar-refractivity contribution in [2.75, 3.05) is 20.1 Å². The largest absolute Gasteiger partial charge is 0.307 e. The van der Waals surface area contributed by atoms with Crippen LogP contribution in [0.5, 0.6) is 0 Å². The number of thiazole rings is 1. The van der Waals surface area contributed by atoms with E-state index in [1.54, 1.807) is 11.3 Å². The maximum absolute atomic E-state index is 4.46. The highest BCUT2D eigenvalue weighted by atomic mass is 32.1. The SMILES string of the molecule is CNC1(c2nccs2)CCN(C(C)C)C1. The first-order valence-electron chi connectivity index (χ1n) is 5.51. The van der Waals surface area contributed by atoms with E-state index in [9.17, 15) is 0 Å². The van der Waals surface area contributed by atoms with Gasteiger partial charge in [-0.25, -0.2) is 4.98 Å². The minimum Gasteiger partial charge on any atom is -0.307 e. The average Bonchev–Trinajstić information content (AvgIpc) is 2.87. The predicted molar refractivity (Wildman–Crippen MR) is 64.2 cm³/mol. The Labute approximate surface area is 95.5 Å². The lowest BCUT2D eigenvalue weighted by molar-refractivity contribution is 0.245. The van der Waals surface area contributed by atoms with Gasteiger partial charge in [0, 0.05) is 30.7 Å². The lowest BCUT2D eigenvalue weighted by atomic mass is 10.00. The Hall–Kier alpha value is -0.450. The highest BCUT2D eigenvalue weighted by molar-refractivity contribution is 7.09. The van der Waals surface area contributed by atoms with Crippen molar-refractivity contribution >= 4 is 11.3 Å². The highest BCUT2D eigenvalue weighted by Gasteiger charge is 2.40.